The van der Waals surface area contributed by atoms with Crippen LogP contribution in [0.3, 0.4) is 0 Å². The molecule has 1 aromatic heterocycles. The van der Waals surface area contributed by atoms with Crippen LogP contribution in [0.1, 0.15) is 53.5 Å². The zero-order valence-electron chi connectivity index (χ0n) is 25.1. The molecule has 3 unspecified atom stereocenters. The lowest BCUT2D eigenvalue weighted by Gasteiger charge is -2.38. The molecule has 4 aliphatic rings. The van der Waals surface area contributed by atoms with Crippen molar-refractivity contribution in [3.05, 3.63) is 63.5 Å². The van der Waals surface area contributed by atoms with Crippen molar-refractivity contribution in [2.24, 2.45) is 11.3 Å². The summed E-state index contributed by atoms with van der Waals surface area (Å²) in [4.78, 5) is 21.5. The van der Waals surface area contributed by atoms with E-state index >= 15 is 0 Å². The molecule has 42 heavy (non-hydrogen) atoms. The zero-order chi connectivity index (χ0) is 29.3. The number of carbonyl (C=O) groups excluding carboxylic acids is 1. The number of fused-ring (bicyclic) bond motifs is 2. The molecule has 0 bridgehead atoms. The third-order valence-corrected chi connectivity index (χ3v) is 10.7. The van der Waals surface area contributed by atoms with Gasteiger partial charge in [-0.25, -0.2) is 4.98 Å². The van der Waals surface area contributed by atoms with Crippen LogP contribution in [-0.2, 0) is 29.1 Å². The van der Waals surface area contributed by atoms with E-state index in [2.05, 4.69) is 59.4 Å². The number of rotatable bonds is 7. The molecule has 224 valence electrons. The average molecular weight is 590 g/mol. The quantitative estimate of drug-likeness (QED) is 0.362. The zero-order valence-corrected chi connectivity index (χ0v) is 25.9. The lowest BCUT2D eigenvalue weighted by molar-refractivity contribution is -0.113. The predicted molar refractivity (Wildman–Crippen MR) is 167 cm³/mol. The number of aliphatic hydroxyl groups is 1. The van der Waals surface area contributed by atoms with Crippen LogP contribution in [0.15, 0.2) is 35.7 Å². The first-order chi connectivity index (χ1) is 20.5. The summed E-state index contributed by atoms with van der Waals surface area (Å²) in [6, 6.07) is 11.5. The van der Waals surface area contributed by atoms with E-state index < -0.39 is 0 Å². The highest BCUT2D eigenvalue weighted by Crippen LogP contribution is 2.56. The highest BCUT2D eigenvalue weighted by atomic mass is 32.1. The number of anilines is 1. The number of aromatic nitrogens is 1. The largest absolute Gasteiger partial charge is 0.488 e. The number of aliphatic hydroxyl groups excluding tert-OH is 1. The molecule has 7 nitrogen and oxygen atoms in total. The third-order valence-electron chi connectivity index (χ3n) is 9.84. The van der Waals surface area contributed by atoms with Gasteiger partial charge in [0.25, 0.3) is 0 Å². The van der Waals surface area contributed by atoms with Gasteiger partial charge in [0.15, 0.2) is 5.13 Å². The Morgan fingerprint density at radius 3 is 2.88 bits per heavy atom. The molecule has 1 saturated carbocycles. The lowest BCUT2D eigenvalue weighted by atomic mass is 9.91. The SMILES string of the molecule is CO.Cc1ccc(OCc2ccc3c(c2C)CCN(C2CCCOC2)C3)c(-c2csc(N3CCC4(C=O)CC4C3)n2)c1. The first kappa shape index (κ1) is 29.3. The minimum Gasteiger partial charge on any atom is -0.488 e. The molecule has 2 aromatic carbocycles. The van der Waals surface area contributed by atoms with Gasteiger partial charge in [0.2, 0.25) is 0 Å². The fourth-order valence-electron chi connectivity index (χ4n) is 7.08. The summed E-state index contributed by atoms with van der Waals surface area (Å²) in [5.41, 5.74) is 8.77. The van der Waals surface area contributed by atoms with Gasteiger partial charge in [-0.15, -0.1) is 11.3 Å². The van der Waals surface area contributed by atoms with Crippen molar-refractivity contribution in [3.63, 3.8) is 0 Å². The Morgan fingerprint density at radius 1 is 1.21 bits per heavy atom. The molecule has 3 fully saturated rings. The minimum absolute atomic E-state index is 0.0350. The van der Waals surface area contributed by atoms with E-state index in [1.54, 1.807) is 11.3 Å². The standard InChI is InChI=1S/C33H39N3O3S.CH4O/c1-22-5-8-31(29(14-22)30-20-40-32(34-30)36-12-10-33(21-37)15-26(33)17-36)39-18-25-7-6-24-16-35(11-9-28(24)23(25)2)27-4-3-13-38-19-27;1-2/h5-8,14,20-21,26-27H,3-4,9-13,15-19H2,1-2H3;2H,1H3. The van der Waals surface area contributed by atoms with E-state index in [0.29, 0.717) is 18.6 Å². The molecule has 3 atom stereocenters. The summed E-state index contributed by atoms with van der Waals surface area (Å²) in [7, 11) is 1.00. The predicted octanol–water partition coefficient (Wildman–Crippen LogP) is 5.57. The van der Waals surface area contributed by atoms with E-state index in [4.69, 9.17) is 19.6 Å². The van der Waals surface area contributed by atoms with Crippen molar-refractivity contribution in [2.75, 3.05) is 44.9 Å². The van der Waals surface area contributed by atoms with Crippen LogP contribution in [-0.4, -0.2) is 67.3 Å². The number of nitrogens with zero attached hydrogens (tertiary/aromatic N) is 3. The normalized spacial score (nSPS) is 25.1. The molecule has 2 saturated heterocycles. The maximum atomic E-state index is 11.5. The molecule has 1 N–H and O–H groups in total. The van der Waals surface area contributed by atoms with Gasteiger partial charge in [0.05, 0.1) is 12.3 Å². The Morgan fingerprint density at radius 2 is 2.10 bits per heavy atom. The molecule has 3 aliphatic heterocycles. The molecule has 7 rings (SSSR count). The molecular weight excluding hydrogens is 546 g/mol. The highest BCUT2D eigenvalue weighted by molar-refractivity contribution is 7.14. The molecule has 0 amide bonds. The summed E-state index contributed by atoms with van der Waals surface area (Å²) in [5.74, 6) is 1.37. The highest BCUT2D eigenvalue weighted by Gasteiger charge is 2.56. The number of ether oxygens (including phenoxy) is 2. The van der Waals surface area contributed by atoms with Gasteiger partial charge in [-0.05, 0) is 86.3 Å². The van der Waals surface area contributed by atoms with Gasteiger partial charge >= 0.3 is 0 Å². The second-order valence-electron chi connectivity index (χ2n) is 12.3. The Hall–Kier alpha value is -2.78. The summed E-state index contributed by atoms with van der Waals surface area (Å²) in [6.45, 7) is 10.7. The van der Waals surface area contributed by atoms with Crippen LogP contribution in [0, 0.1) is 25.2 Å². The molecule has 0 spiro atoms. The Balaban J connectivity index is 0.00000155. The maximum absolute atomic E-state index is 11.5. The number of carbonyl (C=O) groups is 1. The first-order valence-electron chi connectivity index (χ1n) is 15.3. The van der Waals surface area contributed by atoms with Crippen molar-refractivity contribution in [3.8, 4) is 17.0 Å². The first-order valence-corrected chi connectivity index (χ1v) is 16.2. The number of thiazole rings is 1. The third kappa shape index (κ3) is 5.74. The number of hydrogen-bond donors (Lipinski definition) is 1. The van der Waals surface area contributed by atoms with Crippen molar-refractivity contribution < 1.29 is 19.4 Å². The van der Waals surface area contributed by atoms with Gasteiger partial charge in [-0.1, -0.05) is 23.8 Å². The summed E-state index contributed by atoms with van der Waals surface area (Å²) in [5, 5.41) is 10.2. The number of benzene rings is 2. The number of hydrogen-bond acceptors (Lipinski definition) is 8. The summed E-state index contributed by atoms with van der Waals surface area (Å²) >= 11 is 1.69. The van der Waals surface area contributed by atoms with E-state index in [0.717, 1.165) is 87.9 Å². The molecular formula is C34H43N3O4S. The van der Waals surface area contributed by atoms with Crippen LogP contribution in [0.5, 0.6) is 5.75 Å². The molecule has 0 radical (unpaired) electrons. The van der Waals surface area contributed by atoms with Crippen LogP contribution < -0.4 is 9.64 Å². The van der Waals surface area contributed by atoms with Gasteiger partial charge < -0.3 is 24.3 Å². The van der Waals surface area contributed by atoms with Crippen LogP contribution in [0.25, 0.3) is 11.3 Å². The van der Waals surface area contributed by atoms with Crippen molar-refractivity contribution in [1.82, 2.24) is 9.88 Å². The topological polar surface area (TPSA) is 75.1 Å². The average Bonchev–Trinajstić information content (AvgIpc) is 3.57. The van der Waals surface area contributed by atoms with Crippen LogP contribution >= 0.6 is 11.3 Å². The lowest BCUT2D eigenvalue weighted by Crippen LogP contribution is -2.44. The molecule has 4 heterocycles. The number of piperidine rings is 1. The summed E-state index contributed by atoms with van der Waals surface area (Å²) < 4.78 is 12.3. The van der Waals surface area contributed by atoms with Crippen molar-refractivity contribution in [1.29, 1.82) is 0 Å². The van der Waals surface area contributed by atoms with Crippen LogP contribution in [0.2, 0.25) is 0 Å². The van der Waals surface area contributed by atoms with E-state index in [1.807, 2.05) is 0 Å². The second-order valence-corrected chi connectivity index (χ2v) is 13.2. The van der Waals surface area contributed by atoms with Crippen LogP contribution in [0.4, 0.5) is 5.13 Å². The van der Waals surface area contributed by atoms with E-state index in [1.165, 1.54) is 46.9 Å². The van der Waals surface area contributed by atoms with Gasteiger partial charge in [0.1, 0.15) is 18.6 Å². The monoisotopic (exact) mass is 589 g/mol. The fourth-order valence-corrected chi connectivity index (χ4v) is 7.94. The smallest absolute Gasteiger partial charge is 0.185 e. The summed E-state index contributed by atoms with van der Waals surface area (Å²) in [6.07, 6.45) is 6.70. The van der Waals surface area contributed by atoms with Gasteiger partial charge in [-0.3, -0.25) is 4.90 Å². The van der Waals surface area contributed by atoms with Gasteiger partial charge in [-0.2, -0.15) is 0 Å². The Kier molecular flexibility index (Phi) is 8.68. The Bertz CT molecular complexity index is 1420. The van der Waals surface area contributed by atoms with Gasteiger partial charge in [0, 0.05) is 62.3 Å². The van der Waals surface area contributed by atoms with Crippen molar-refractivity contribution >= 4 is 22.8 Å². The fraction of sp³-hybridized carbons (Fsp3) is 0.529. The number of aryl methyl sites for hydroxylation is 1. The Labute approximate surface area is 253 Å². The molecule has 8 heteroatoms. The minimum atomic E-state index is -0.0350. The second kappa shape index (κ2) is 12.4. The van der Waals surface area contributed by atoms with E-state index in [-0.39, 0.29) is 5.41 Å². The molecule has 1 aliphatic carbocycles. The maximum Gasteiger partial charge on any atom is 0.185 e. The van der Waals surface area contributed by atoms with E-state index in [9.17, 15) is 4.79 Å². The number of aldehydes is 1. The molecule has 3 aromatic rings. The van der Waals surface area contributed by atoms with Crippen molar-refractivity contribution in [2.45, 2.75) is 65.1 Å².